The van der Waals surface area contributed by atoms with E-state index >= 15 is 0 Å². The summed E-state index contributed by atoms with van der Waals surface area (Å²) >= 11 is 0. The van der Waals surface area contributed by atoms with E-state index in [4.69, 9.17) is 0 Å². The molecule has 4 heteroatoms. The van der Waals surface area contributed by atoms with Gasteiger partial charge in [-0.3, -0.25) is 4.79 Å². The molecule has 2 aliphatic carbocycles. The Morgan fingerprint density at radius 1 is 1.22 bits per heavy atom. The van der Waals surface area contributed by atoms with Gasteiger partial charge in [-0.05, 0) is 49.1 Å². The number of phenolic OH excluding ortho intramolecular Hbond substituents is 2. The van der Waals surface area contributed by atoms with Crippen LogP contribution in [0.5, 0.6) is 11.5 Å². The van der Waals surface area contributed by atoms with Crippen LogP contribution in [-0.2, 0) is 0 Å². The average Bonchev–Trinajstić information content (AvgIpc) is 3.15. The lowest BCUT2D eigenvalue weighted by atomic mass is 10.0. The zero-order valence-electron chi connectivity index (χ0n) is 10.1. The minimum Gasteiger partial charge on any atom is -0.508 e. The number of hydrogen-bond acceptors (Lipinski definition) is 3. The first-order valence-corrected chi connectivity index (χ1v) is 6.40. The van der Waals surface area contributed by atoms with Gasteiger partial charge in [0, 0.05) is 18.2 Å². The number of nitrogens with one attached hydrogen (secondary N) is 1. The fraction of sp³-hybridized carbons (Fsp3) is 0.500. The van der Waals surface area contributed by atoms with Crippen LogP contribution in [0.3, 0.4) is 0 Å². The summed E-state index contributed by atoms with van der Waals surface area (Å²) in [4.78, 5) is 11.9. The second-order valence-corrected chi connectivity index (χ2v) is 5.56. The van der Waals surface area contributed by atoms with Gasteiger partial charge < -0.3 is 15.5 Å². The lowest BCUT2D eigenvalue weighted by molar-refractivity contribution is 0.0942. The molecule has 0 unspecified atom stereocenters. The summed E-state index contributed by atoms with van der Waals surface area (Å²) in [5, 5.41) is 21.6. The molecule has 0 aliphatic heterocycles. The Hall–Kier alpha value is -1.71. The van der Waals surface area contributed by atoms with Crippen molar-refractivity contribution in [2.45, 2.75) is 25.7 Å². The first-order chi connectivity index (χ1) is 8.59. The number of carbonyl (C=O) groups is 1. The van der Waals surface area contributed by atoms with Gasteiger partial charge in [0.25, 0.3) is 5.91 Å². The highest BCUT2D eigenvalue weighted by molar-refractivity contribution is 5.95. The molecule has 0 atom stereocenters. The molecule has 3 rings (SSSR count). The molecule has 4 nitrogen and oxygen atoms in total. The molecule has 2 saturated carbocycles. The van der Waals surface area contributed by atoms with Gasteiger partial charge in [0.15, 0.2) is 0 Å². The van der Waals surface area contributed by atoms with E-state index in [1.165, 1.54) is 43.9 Å². The molecule has 2 fully saturated rings. The first kappa shape index (κ1) is 11.4. The van der Waals surface area contributed by atoms with Crippen LogP contribution in [0, 0.1) is 11.3 Å². The van der Waals surface area contributed by atoms with Crippen LogP contribution in [0.15, 0.2) is 18.2 Å². The molecule has 0 spiro atoms. The van der Waals surface area contributed by atoms with Crippen molar-refractivity contribution in [3.8, 4) is 11.5 Å². The Bertz CT molecular complexity index is 470. The van der Waals surface area contributed by atoms with Crippen LogP contribution in [0.25, 0.3) is 0 Å². The third-order valence-corrected chi connectivity index (χ3v) is 4.10. The van der Waals surface area contributed by atoms with Crippen molar-refractivity contribution in [3.05, 3.63) is 23.8 Å². The number of amides is 1. The van der Waals surface area contributed by atoms with Crippen molar-refractivity contribution in [2.75, 3.05) is 6.54 Å². The zero-order chi connectivity index (χ0) is 12.8. The van der Waals surface area contributed by atoms with E-state index in [9.17, 15) is 15.0 Å². The molecule has 0 radical (unpaired) electrons. The maximum atomic E-state index is 11.9. The molecular weight excluding hydrogens is 230 g/mol. The summed E-state index contributed by atoms with van der Waals surface area (Å²) in [7, 11) is 0. The Kier molecular flexibility index (Phi) is 2.47. The highest BCUT2D eigenvalue weighted by atomic mass is 16.3. The van der Waals surface area contributed by atoms with Gasteiger partial charge in [-0.25, -0.2) is 0 Å². The van der Waals surface area contributed by atoms with Crippen LogP contribution in [0.4, 0.5) is 0 Å². The van der Waals surface area contributed by atoms with Crippen molar-refractivity contribution in [1.82, 2.24) is 5.32 Å². The molecule has 0 heterocycles. The molecule has 0 saturated heterocycles. The van der Waals surface area contributed by atoms with Crippen molar-refractivity contribution < 1.29 is 15.0 Å². The lowest BCUT2D eigenvalue weighted by Crippen LogP contribution is -2.31. The summed E-state index contributed by atoms with van der Waals surface area (Å²) in [6, 6.07) is 3.95. The van der Waals surface area contributed by atoms with Gasteiger partial charge in [-0.2, -0.15) is 0 Å². The van der Waals surface area contributed by atoms with Crippen LogP contribution < -0.4 is 5.32 Å². The molecule has 96 valence electrons. The molecule has 18 heavy (non-hydrogen) atoms. The molecular formula is C14H17NO3. The van der Waals surface area contributed by atoms with E-state index in [1.807, 2.05) is 0 Å². The summed E-state index contributed by atoms with van der Waals surface area (Å²) in [6.45, 7) is 0.715. The lowest BCUT2D eigenvalue weighted by Gasteiger charge is -2.15. The number of benzene rings is 1. The highest BCUT2D eigenvalue weighted by Gasteiger charge is 2.53. The van der Waals surface area contributed by atoms with Crippen molar-refractivity contribution in [3.63, 3.8) is 0 Å². The maximum absolute atomic E-state index is 11.9. The molecule has 0 aromatic heterocycles. The number of rotatable bonds is 4. The SMILES string of the molecule is O=C(NCC1(C2CC2)CC1)c1cc(O)cc(O)c1. The summed E-state index contributed by atoms with van der Waals surface area (Å²) < 4.78 is 0. The zero-order valence-corrected chi connectivity index (χ0v) is 10.1. The molecule has 1 aromatic carbocycles. The fourth-order valence-corrected chi connectivity index (χ4v) is 2.67. The van der Waals surface area contributed by atoms with Crippen LogP contribution in [-0.4, -0.2) is 22.7 Å². The van der Waals surface area contributed by atoms with E-state index in [2.05, 4.69) is 5.32 Å². The van der Waals surface area contributed by atoms with Crippen molar-refractivity contribution in [2.24, 2.45) is 11.3 Å². The van der Waals surface area contributed by atoms with Gasteiger partial charge in [-0.15, -0.1) is 0 Å². The second kappa shape index (κ2) is 3.90. The van der Waals surface area contributed by atoms with Crippen LogP contribution >= 0.6 is 0 Å². The van der Waals surface area contributed by atoms with Crippen LogP contribution in [0.1, 0.15) is 36.0 Å². The monoisotopic (exact) mass is 247 g/mol. The Morgan fingerprint density at radius 2 is 1.83 bits per heavy atom. The third-order valence-electron chi connectivity index (χ3n) is 4.10. The molecule has 3 N–H and O–H groups in total. The van der Waals surface area contributed by atoms with E-state index in [0.717, 1.165) is 5.92 Å². The summed E-state index contributed by atoms with van der Waals surface area (Å²) in [6.07, 6.45) is 5.01. The van der Waals surface area contributed by atoms with Crippen molar-refractivity contribution in [1.29, 1.82) is 0 Å². The minimum absolute atomic E-state index is 0.0940. The molecule has 0 bridgehead atoms. The predicted octanol–water partition coefficient (Wildman–Crippen LogP) is 2.02. The van der Waals surface area contributed by atoms with Gasteiger partial charge >= 0.3 is 0 Å². The second-order valence-electron chi connectivity index (χ2n) is 5.56. The van der Waals surface area contributed by atoms with Gasteiger partial charge in [0.2, 0.25) is 0 Å². The summed E-state index contributed by atoms with van der Waals surface area (Å²) in [5.41, 5.74) is 0.660. The maximum Gasteiger partial charge on any atom is 0.251 e. The average molecular weight is 247 g/mol. The molecule has 1 amide bonds. The largest absolute Gasteiger partial charge is 0.508 e. The Balaban J connectivity index is 1.64. The number of phenols is 2. The van der Waals surface area contributed by atoms with Crippen LogP contribution in [0.2, 0.25) is 0 Å². The molecule has 2 aliphatic rings. The standard InChI is InChI=1S/C14H17NO3/c16-11-5-9(6-12(17)7-11)13(18)15-8-14(3-4-14)10-1-2-10/h5-7,10,16-17H,1-4,8H2,(H,15,18). The van der Waals surface area contributed by atoms with E-state index in [1.54, 1.807) is 0 Å². The van der Waals surface area contributed by atoms with Crippen molar-refractivity contribution >= 4 is 5.91 Å². The number of hydrogen-bond donors (Lipinski definition) is 3. The van der Waals surface area contributed by atoms with Gasteiger partial charge in [0.1, 0.15) is 11.5 Å². The Morgan fingerprint density at radius 3 is 2.33 bits per heavy atom. The topological polar surface area (TPSA) is 69.6 Å². The highest BCUT2D eigenvalue weighted by Crippen LogP contribution is 2.60. The normalized spacial score (nSPS) is 20.4. The number of aromatic hydroxyl groups is 2. The number of carbonyl (C=O) groups excluding carboxylic acids is 1. The third kappa shape index (κ3) is 2.15. The smallest absolute Gasteiger partial charge is 0.251 e. The fourth-order valence-electron chi connectivity index (χ4n) is 2.67. The Labute approximate surface area is 106 Å². The van der Waals surface area contributed by atoms with Gasteiger partial charge in [-0.1, -0.05) is 0 Å². The first-order valence-electron chi connectivity index (χ1n) is 6.40. The predicted molar refractivity (Wildman–Crippen MR) is 66.5 cm³/mol. The molecule has 1 aromatic rings. The van der Waals surface area contributed by atoms with Gasteiger partial charge in [0.05, 0.1) is 0 Å². The van der Waals surface area contributed by atoms with E-state index < -0.39 is 0 Å². The van der Waals surface area contributed by atoms with E-state index in [0.29, 0.717) is 17.5 Å². The summed E-state index contributed by atoms with van der Waals surface area (Å²) in [5.74, 6) is 0.385. The quantitative estimate of drug-likeness (QED) is 0.762. The minimum atomic E-state index is -0.229. The van der Waals surface area contributed by atoms with E-state index in [-0.39, 0.29) is 17.4 Å².